The number of hydrogen-bond donors (Lipinski definition) is 0. The first-order valence-electron chi connectivity index (χ1n) is 34.3. The Morgan fingerprint density at radius 3 is 0.845 bits per heavy atom. The predicted octanol–water partition coefficient (Wildman–Crippen LogP) is 26.1. The molecule has 0 heterocycles. The molecule has 0 amide bonds. The van der Waals surface area contributed by atoms with Crippen molar-refractivity contribution in [3.05, 3.63) is 358 Å². The third kappa shape index (κ3) is 10.2. The van der Waals surface area contributed by atoms with Crippen molar-refractivity contribution in [2.75, 3.05) is 9.80 Å². The molecule has 466 valence electrons. The molecule has 14 aromatic carbocycles. The van der Waals surface area contributed by atoms with Crippen LogP contribution in [0, 0.1) is 13.8 Å². The topological polar surface area (TPSA) is 6.48 Å². The second-order valence-corrected chi connectivity index (χ2v) is 28.7. The number of rotatable bonds is 12. The first-order chi connectivity index (χ1) is 47.1. The van der Waals surface area contributed by atoms with Crippen LogP contribution >= 0.6 is 0 Å². The Morgan fingerprint density at radius 2 is 0.505 bits per heavy atom. The summed E-state index contributed by atoms with van der Waals surface area (Å²) in [5, 5.41) is 5.04. The zero-order valence-corrected chi connectivity index (χ0v) is 56.4. The molecule has 0 bridgehead atoms. The minimum absolute atomic E-state index is 0.172. The Kier molecular flexibility index (Phi) is 14.1. The number of anilines is 6. The maximum Gasteiger partial charge on any atom is 0.0465 e. The summed E-state index contributed by atoms with van der Waals surface area (Å²) in [5.41, 5.74) is 34.5. The quantitative estimate of drug-likeness (QED) is 0.113. The van der Waals surface area contributed by atoms with E-state index in [1.165, 1.54) is 144 Å². The third-order valence-electron chi connectivity index (χ3n) is 21.5. The van der Waals surface area contributed by atoms with Gasteiger partial charge in [-0.15, -0.1) is 0 Å². The minimum atomic E-state index is -0.212. The lowest BCUT2D eigenvalue weighted by molar-refractivity contribution is 0.660. The molecule has 0 aliphatic heterocycles. The molecule has 0 spiro atoms. The van der Waals surface area contributed by atoms with Crippen LogP contribution in [-0.2, 0) is 16.2 Å². The highest BCUT2D eigenvalue weighted by Gasteiger charge is 2.39. The van der Waals surface area contributed by atoms with Gasteiger partial charge in [0.25, 0.3) is 0 Å². The molecule has 3 aliphatic rings. The number of fused-ring (bicyclic) bond motifs is 11. The number of aryl methyl sites for hydroxylation is 2. The fourth-order valence-electron chi connectivity index (χ4n) is 16.3. The average molecular weight is 1250 g/mol. The zero-order chi connectivity index (χ0) is 65.9. The average Bonchev–Trinajstić information content (AvgIpc) is 1.60. The molecule has 2 heteroatoms. The van der Waals surface area contributed by atoms with Crippen LogP contribution in [0.15, 0.2) is 291 Å². The first-order valence-corrected chi connectivity index (χ1v) is 34.3. The minimum Gasteiger partial charge on any atom is -0.310 e. The molecule has 0 N–H and O–H groups in total. The summed E-state index contributed by atoms with van der Waals surface area (Å²) in [4.78, 5) is 4.83. The zero-order valence-electron chi connectivity index (χ0n) is 56.4. The van der Waals surface area contributed by atoms with Crippen molar-refractivity contribution in [3.8, 4) is 55.6 Å². The van der Waals surface area contributed by atoms with E-state index >= 15 is 0 Å². The SMILES string of the molecule is Cc1cccc(N(c2ccc(-c3cccc4ccccc34)cc2)c2ccc3c(c2)C(C)(C)c2cc(/C=C/c4ccc5c(c4)C(C)(C)c4cc(/C=C/c6ccc7c(c6)C(C)(C)c6cc(N(c8ccc(-c9cccc%10ccccc9%10)cc8)c8cccc(C)c8)ccc6-7)ccc4-5)ccc2-3)c1. The second kappa shape index (κ2) is 23.0. The lowest BCUT2D eigenvalue weighted by Crippen LogP contribution is -2.16. The molecule has 0 saturated carbocycles. The summed E-state index contributed by atoms with van der Waals surface area (Å²) in [7, 11) is 0. The Hall–Kier alpha value is -11.3. The van der Waals surface area contributed by atoms with Gasteiger partial charge in [0, 0.05) is 50.4 Å². The molecule has 0 aromatic heterocycles. The Labute approximate surface area is 571 Å². The molecular weight excluding hydrogens is 1170 g/mol. The van der Waals surface area contributed by atoms with Crippen molar-refractivity contribution in [2.24, 2.45) is 0 Å². The third-order valence-corrected chi connectivity index (χ3v) is 21.5. The van der Waals surface area contributed by atoms with Gasteiger partial charge in [0.2, 0.25) is 0 Å². The fourth-order valence-corrected chi connectivity index (χ4v) is 16.3. The summed E-state index contributed by atoms with van der Waals surface area (Å²) in [6.45, 7) is 18.7. The predicted molar refractivity (Wildman–Crippen MR) is 415 cm³/mol. The smallest absolute Gasteiger partial charge is 0.0465 e. The van der Waals surface area contributed by atoms with Gasteiger partial charge in [0.1, 0.15) is 0 Å². The van der Waals surface area contributed by atoms with Gasteiger partial charge in [-0.2, -0.15) is 0 Å². The Bertz CT molecular complexity index is 5220. The largest absolute Gasteiger partial charge is 0.310 e. The molecule has 14 aromatic rings. The van der Waals surface area contributed by atoms with Crippen molar-refractivity contribution in [3.63, 3.8) is 0 Å². The van der Waals surface area contributed by atoms with Gasteiger partial charge in [-0.3, -0.25) is 0 Å². The molecule has 17 rings (SSSR count). The van der Waals surface area contributed by atoms with E-state index in [1.54, 1.807) is 0 Å². The molecule has 0 radical (unpaired) electrons. The molecule has 0 atom stereocenters. The van der Waals surface area contributed by atoms with E-state index in [9.17, 15) is 0 Å². The van der Waals surface area contributed by atoms with Crippen molar-refractivity contribution < 1.29 is 0 Å². The van der Waals surface area contributed by atoms with Gasteiger partial charge in [0.05, 0.1) is 0 Å². The van der Waals surface area contributed by atoms with E-state index in [0.29, 0.717) is 0 Å². The van der Waals surface area contributed by atoms with Crippen molar-refractivity contribution in [2.45, 2.75) is 71.6 Å². The number of hydrogen-bond acceptors (Lipinski definition) is 2. The molecular formula is C95H76N2. The molecule has 0 unspecified atom stereocenters. The van der Waals surface area contributed by atoms with E-state index in [4.69, 9.17) is 0 Å². The summed E-state index contributed by atoms with van der Waals surface area (Å²) in [5.74, 6) is 0. The molecule has 0 fully saturated rings. The van der Waals surface area contributed by atoms with Crippen LogP contribution in [0.1, 0.15) is 108 Å². The van der Waals surface area contributed by atoms with Crippen LogP contribution in [0.2, 0.25) is 0 Å². The second-order valence-electron chi connectivity index (χ2n) is 28.7. The number of benzene rings is 14. The molecule has 3 aliphatic carbocycles. The standard InChI is InChI=1S/C95H76N2/c1-61-17-13-23-73(53-61)96(71-41-37-69(38-42-71)79-27-15-21-67-19-9-11-25-77(67)79)75-45-51-85-83-49-35-65(57-89(83)94(5,6)91(85)59-75)31-29-63-33-47-81-82-48-34-64(56-88(82)93(3,4)87(81)55-63)30-32-66-36-50-84-86-52-46-76(60-92(86)95(7,8)90(84)58-66)97(74-24-14-18-62(2)54-74)72-43-39-70(40-44-72)80-28-16-22-68-20-10-12-26-78(68)80/h9-60H,1-8H3/b31-29+,32-30+. The Morgan fingerprint density at radius 1 is 0.227 bits per heavy atom. The number of nitrogens with zero attached hydrogens (tertiary/aromatic N) is 2. The lowest BCUT2D eigenvalue weighted by Gasteiger charge is -2.28. The normalized spacial score (nSPS) is 14.1. The van der Waals surface area contributed by atoms with Crippen LogP contribution in [0.25, 0.3) is 101 Å². The van der Waals surface area contributed by atoms with Crippen LogP contribution in [0.4, 0.5) is 34.1 Å². The summed E-state index contributed by atoms with van der Waals surface area (Å²) in [6.07, 6.45) is 9.21. The van der Waals surface area contributed by atoms with Gasteiger partial charge >= 0.3 is 0 Å². The van der Waals surface area contributed by atoms with E-state index in [2.05, 4.69) is 381 Å². The Balaban J connectivity index is 0.601. The van der Waals surface area contributed by atoms with Gasteiger partial charge in [-0.1, -0.05) is 284 Å². The van der Waals surface area contributed by atoms with E-state index in [1.807, 2.05) is 0 Å². The molecule has 0 saturated heterocycles. The van der Waals surface area contributed by atoms with Crippen molar-refractivity contribution in [1.82, 2.24) is 0 Å². The lowest BCUT2D eigenvalue weighted by atomic mass is 9.81. The van der Waals surface area contributed by atoms with Gasteiger partial charge in [-0.05, 0) is 231 Å². The maximum absolute atomic E-state index is 2.44. The highest BCUT2D eigenvalue weighted by molar-refractivity contribution is 5.99. The van der Waals surface area contributed by atoms with E-state index in [-0.39, 0.29) is 16.2 Å². The maximum atomic E-state index is 2.44. The van der Waals surface area contributed by atoms with Crippen molar-refractivity contribution >= 4 is 80.0 Å². The van der Waals surface area contributed by atoms with Crippen molar-refractivity contribution in [1.29, 1.82) is 0 Å². The molecule has 2 nitrogen and oxygen atoms in total. The van der Waals surface area contributed by atoms with Crippen LogP contribution in [0.5, 0.6) is 0 Å². The fraction of sp³-hybridized carbons (Fsp3) is 0.116. The summed E-state index contributed by atoms with van der Waals surface area (Å²) < 4.78 is 0. The van der Waals surface area contributed by atoms with E-state index < -0.39 is 0 Å². The van der Waals surface area contributed by atoms with Crippen LogP contribution < -0.4 is 9.80 Å². The van der Waals surface area contributed by atoms with Crippen LogP contribution in [-0.4, -0.2) is 0 Å². The van der Waals surface area contributed by atoms with Gasteiger partial charge in [-0.25, -0.2) is 0 Å². The highest BCUT2D eigenvalue weighted by Crippen LogP contribution is 2.54. The van der Waals surface area contributed by atoms with Crippen LogP contribution in [0.3, 0.4) is 0 Å². The van der Waals surface area contributed by atoms with Gasteiger partial charge in [0.15, 0.2) is 0 Å². The molecule has 97 heavy (non-hydrogen) atoms. The van der Waals surface area contributed by atoms with Gasteiger partial charge < -0.3 is 9.80 Å². The summed E-state index contributed by atoms with van der Waals surface area (Å²) >= 11 is 0. The highest BCUT2D eigenvalue weighted by atomic mass is 15.1. The summed E-state index contributed by atoms with van der Waals surface area (Å²) in [6, 6.07) is 109. The first kappa shape index (κ1) is 59.4. The van der Waals surface area contributed by atoms with E-state index in [0.717, 1.165) is 34.1 Å². The monoisotopic (exact) mass is 1240 g/mol.